The van der Waals surface area contributed by atoms with Gasteiger partial charge in [-0.05, 0) is 32.4 Å². The van der Waals surface area contributed by atoms with Gasteiger partial charge in [-0.25, -0.2) is 0 Å². The summed E-state index contributed by atoms with van der Waals surface area (Å²) in [4.78, 5) is 0. The molecule has 0 aliphatic carbocycles. The predicted octanol–water partition coefficient (Wildman–Crippen LogP) is 3.93. The molecule has 0 aliphatic heterocycles. The molecule has 1 aromatic carbocycles. The maximum atomic E-state index is 5.67. The summed E-state index contributed by atoms with van der Waals surface area (Å²) in [5.41, 5.74) is 1.27. The van der Waals surface area contributed by atoms with Crippen molar-refractivity contribution in [1.82, 2.24) is 5.32 Å². The van der Waals surface area contributed by atoms with Crippen LogP contribution in [0.2, 0.25) is 0 Å². The Morgan fingerprint density at radius 2 is 1.89 bits per heavy atom. The average Bonchev–Trinajstić information content (AvgIpc) is 2.37. The Hall–Kier alpha value is -1.02. The molecule has 0 aliphatic rings. The lowest BCUT2D eigenvalue weighted by Crippen LogP contribution is -2.30. The molecule has 0 bridgehead atoms. The molecule has 0 saturated heterocycles. The second kappa shape index (κ2) is 8.98. The van der Waals surface area contributed by atoms with Gasteiger partial charge in [0.1, 0.15) is 12.4 Å². The van der Waals surface area contributed by atoms with Gasteiger partial charge in [0.05, 0.1) is 0 Å². The molecule has 2 nitrogen and oxygen atoms in total. The largest absolute Gasteiger partial charge is 0.492 e. The molecule has 1 aromatic rings. The first kappa shape index (κ1) is 15.0. The van der Waals surface area contributed by atoms with Crippen LogP contribution in [0.5, 0.6) is 5.75 Å². The van der Waals surface area contributed by atoms with E-state index in [0.717, 1.165) is 18.9 Å². The molecular formula is C16H27NO. The number of ether oxygens (including phenoxy) is 1. The van der Waals surface area contributed by atoms with Crippen LogP contribution in [-0.4, -0.2) is 19.2 Å². The molecule has 1 unspecified atom stereocenters. The van der Waals surface area contributed by atoms with E-state index in [2.05, 4.69) is 38.2 Å². The summed E-state index contributed by atoms with van der Waals surface area (Å²) in [5.74, 6) is 0.959. The van der Waals surface area contributed by atoms with Crippen molar-refractivity contribution in [2.24, 2.45) is 0 Å². The highest BCUT2D eigenvalue weighted by atomic mass is 16.5. The van der Waals surface area contributed by atoms with Crippen molar-refractivity contribution >= 4 is 0 Å². The number of nitrogens with one attached hydrogen (secondary N) is 1. The Bertz CT molecular complexity index is 307. The molecule has 0 spiro atoms. The lowest BCUT2D eigenvalue weighted by molar-refractivity contribution is 0.304. The van der Waals surface area contributed by atoms with Gasteiger partial charge < -0.3 is 10.1 Å². The van der Waals surface area contributed by atoms with Gasteiger partial charge in [0.2, 0.25) is 0 Å². The fourth-order valence-corrected chi connectivity index (χ4v) is 1.91. The number of unbranched alkanes of at least 4 members (excludes halogenated alkanes) is 2. The summed E-state index contributed by atoms with van der Waals surface area (Å²) < 4.78 is 5.67. The van der Waals surface area contributed by atoms with Crippen molar-refractivity contribution in [3.8, 4) is 5.75 Å². The van der Waals surface area contributed by atoms with E-state index in [-0.39, 0.29) is 0 Å². The van der Waals surface area contributed by atoms with E-state index in [0.29, 0.717) is 6.04 Å². The molecular weight excluding hydrogens is 222 g/mol. The van der Waals surface area contributed by atoms with Crippen molar-refractivity contribution < 1.29 is 4.74 Å². The van der Waals surface area contributed by atoms with Crippen molar-refractivity contribution in [1.29, 1.82) is 0 Å². The normalized spacial score (nSPS) is 12.4. The van der Waals surface area contributed by atoms with Crippen molar-refractivity contribution in [3.05, 3.63) is 29.8 Å². The number of aryl methyl sites for hydroxylation is 1. The maximum Gasteiger partial charge on any atom is 0.119 e. The van der Waals surface area contributed by atoms with Crippen LogP contribution in [0, 0.1) is 6.92 Å². The Kier molecular flexibility index (Phi) is 7.51. The van der Waals surface area contributed by atoms with E-state index < -0.39 is 0 Å². The summed E-state index contributed by atoms with van der Waals surface area (Å²) in [6, 6.07) is 8.81. The molecule has 1 rings (SSSR count). The zero-order valence-electron chi connectivity index (χ0n) is 12.0. The topological polar surface area (TPSA) is 21.3 Å². The lowest BCUT2D eigenvalue weighted by atomic mass is 10.1. The monoisotopic (exact) mass is 249 g/mol. The predicted molar refractivity (Wildman–Crippen MR) is 78.3 cm³/mol. The van der Waals surface area contributed by atoms with Crippen LogP contribution in [0.1, 0.15) is 45.1 Å². The molecule has 0 aromatic heterocycles. The Balaban J connectivity index is 2.05. The van der Waals surface area contributed by atoms with Crippen molar-refractivity contribution in [2.45, 2.75) is 52.5 Å². The number of hydrogen-bond acceptors (Lipinski definition) is 2. The molecule has 2 heteroatoms. The first-order valence-electron chi connectivity index (χ1n) is 7.15. The van der Waals surface area contributed by atoms with Crippen LogP contribution in [0.4, 0.5) is 0 Å². The summed E-state index contributed by atoms with van der Waals surface area (Å²) >= 11 is 0. The van der Waals surface area contributed by atoms with Gasteiger partial charge in [-0.2, -0.15) is 0 Å². The van der Waals surface area contributed by atoms with Gasteiger partial charge in [-0.15, -0.1) is 0 Å². The molecule has 0 saturated carbocycles. The number of hydrogen-bond donors (Lipinski definition) is 1. The zero-order chi connectivity index (χ0) is 13.2. The van der Waals surface area contributed by atoms with E-state index in [1.165, 1.54) is 31.2 Å². The second-order valence-electron chi connectivity index (χ2n) is 5.01. The summed E-state index contributed by atoms with van der Waals surface area (Å²) in [6.45, 7) is 8.24. The van der Waals surface area contributed by atoms with E-state index in [4.69, 9.17) is 4.74 Å². The molecule has 0 heterocycles. The lowest BCUT2D eigenvalue weighted by Gasteiger charge is -2.14. The third-order valence-corrected chi connectivity index (χ3v) is 3.13. The number of rotatable bonds is 9. The van der Waals surface area contributed by atoms with Crippen LogP contribution in [-0.2, 0) is 0 Å². The molecule has 0 amide bonds. The minimum Gasteiger partial charge on any atom is -0.492 e. The van der Waals surface area contributed by atoms with Gasteiger partial charge in [-0.1, -0.05) is 43.9 Å². The van der Waals surface area contributed by atoms with Crippen LogP contribution in [0.15, 0.2) is 24.3 Å². The van der Waals surface area contributed by atoms with E-state index in [1.54, 1.807) is 0 Å². The summed E-state index contributed by atoms with van der Waals surface area (Å²) in [6.07, 6.45) is 5.22. The van der Waals surface area contributed by atoms with Crippen molar-refractivity contribution in [2.75, 3.05) is 13.2 Å². The minimum atomic E-state index is 0.596. The van der Waals surface area contributed by atoms with Crippen molar-refractivity contribution in [3.63, 3.8) is 0 Å². The molecule has 1 N–H and O–H groups in total. The molecule has 102 valence electrons. The van der Waals surface area contributed by atoms with E-state index in [1.807, 2.05) is 12.1 Å². The Labute approximate surface area is 112 Å². The van der Waals surface area contributed by atoms with Crippen LogP contribution in [0.25, 0.3) is 0 Å². The highest BCUT2D eigenvalue weighted by Crippen LogP contribution is 2.10. The fourth-order valence-electron chi connectivity index (χ4n) is 1.91. The third kappa shape index (κ3) is 6.65. The van der Waals surface area contributed by atoms with Crippen LogP contribution >= 0.6 is 0 Å². The molecule has 18 heavy (non-hydrogen) atoms. The smallest absolute Gasteiger partial charge is 0.119 e. The molecule has 0 radical (unpaired) electrons. The second-order valence-corrected chi connectivity index (χ2v) is 5.01. The fraction of sp³-hybridized carbons (Fsp3) is 0.625. The van der Waals surface area contributed by atoms with Gasteiger partial charge in [0.15, 0.2) is 0 Å². The van der Waals surface area contributed by atoms with Crippen LogP contribution in [0.3, 0.4) is 0 Å². The average molecular weight is 249 g/mol. The van der Waals surface area contributed by atoms with Gasteiger partial charge in [0, 0.05) is 12.6 Å². The van der Waals surface area contributed by atoms with E-state index in [9.17, 15) is 0 Å². The first-order chi connectivity index (χ1) is 8.72. The SMILES string of the molecule is CCCCCC(C)NCCOc1ccc(C)cc1. The number of benzene rings is 1. The zero-order valence-corrected chi connectivity index (χ0v) is 12.0. The Morgan fingerprint density at radius 1 is 1.17 bits per heavy atom. The molecule has 0 fully saturated rings. The Morgan fingerprint density at radius 3 is 2.56 bits per heavy atom. The first-order valence-corrected chi connectivity index (χ1v) is 7.15. The third-order valence-electron chi connectivity index (χ3n) is 3.13. The highest BCUT2D eigenvalue weighted by molar-refractivity contribution is 5.26. The maximum absolute atomic E-state index is 5.67. The van der Waals surface area contributed by atoms with Gasteiger partial charge >= 0.3 is 0 Å². The van der Waals surface area contributed by atoms with Crippen LogP contribution < -0.4 is 10.1 Å². The molecule has 1 atom stereocenters. The quantitative estimate of drug-likeness (QED) is 0.669. The van der Waals surface area contributed by atoms with Gasteiger partial charge in [-0.3, -0.25) is 0 Å². The minimum absolute atomic E-state index is 0.596. The highest BCUT2D eigenvalue weighted by Gasteiger charge is 2.00. The van der Waals surface area contributed by atoms with Gasteiger partial charge in [0.25, 0.3) is 0 Å². The van der Waals surface area contributed by atoms with E-state index >= 15 is 0 Å². The summed E-state index contributed by atoms with van der Waals surface area (Å²) in [7, 11) is 0. The summed E-state index contributed by atoms with van der Waals surface area (Å²) in [5, 5.41) is 3.50. The standard InChI is InChI=1S/C16H27NO/c1-4-5-6-7-15(3)17-12-13-18-16-10-8-14(2)9-11-16/h8-11,15,17H,4-7,12-13H2,1-3H3.